The molecule has 0 bridgehead atoms. The fourth-order valence-corrected chi connectivity index (χ4v) is 1.73. The van der Waals surface area contributed by atoms with Crippen molar-refractivity contribution in [1.29, 1.82) is 0 Å². The van der Waals surface area contributed by atoms with Gasteiger partial charge in [0.2, 0.25) is 0 Å². The van der Waals surface area contributed by atoms with E-state index in [1.165, 1.54) is 0 Å². The van der Waals surface area contributed by atoms with Gasteiger partial charge in [0.1, 0.15) is 0 Å². The molecule has 0 aliphatic rings. The van der Waals surface area contributed by atoms with Crippen molar-refractivity contribution in [2.45, 2.75) is 26.7 Å². The van der Waals surface area contributed by atoms with Gasteiger partial charge in [0, 0.05) is 16.5 Å². The maximum Gasteiger partial charge on any atom is 0.165 e. The Morgan fingerprint density at radius 2 is 2.00 bits per heavy atom. The number of benzene rings is 1. The highest BCUT2D eigenvalue weighted by molar-refractivity contribution is 6.31. The van der Waals surface area contributed by atoms with E-state index in [9.17, 15) is 4.79 Å². The Bertz CT molecular complexity index is 316. The van der Waals surface area contributed by atoms with Crippen LogP contribution >= 0.6 is 11.6 Å². The lowest BCUT2D eigenvalue weighted by Crippen LogP contribution is -2.12. The van der Waals surface area contributed by atoms with Gasteiger partial charge >= 0.3 is 0 Å². The second-order valence-electron chi connectivity index (χ2n) is 3.39. The predicted molar refractivity (Wildman–Crippen MR) is 59.9 cm³/mol. The first-order chi connectivity index (χ1) is 6.69. The van der Waals surface area contributed by atoms with Gasteiger partial charge in [-0.2, -0.15) is 0 Å². The molecule has 0 aliphatic carbocycles. The van der Waals surface area contributed by atoms with Crippen molar-refractivity contribution in [2.24, 2.45) is 5.92 Å². The van der Waals surface area contributed by atoms with Gasteiger partial charge < -0.3 is 0 Å². The maximum absolute atomic E-state index is 11.9. The third kappa shape index (κ3) is 2.58. The van der Waals surface area contributed by atoms with Crippen molar-refractivity contribution in [3.8, 4) is 0 Å². The Kier molecular flexibility index (Phi) is 4.15. The quantitative estimate of drug-likeness (QED) is 0.688. The van der Waals surface area contributed by atoms with E-state index in [2.05, 4.69) is 0 Å². The number of hydrogen-bond acceptors (Lipinski definition) is 1. The van der Waals surface area contributed by atoms with E-state index < -0.39 is 0 Å². The average molecular weight is 211 g/mol. The minimum atomic E-state index is 0.133. The lowest BCUT2D eigenvalue weighted by atomic mass is 9.93. The highest BCUT2D eigenvalue weighted by Crippen LogP contribution is 2.18. The Labute approximate surface area is 90.1 Å². The molecule has 2 heteroatoms. The van der Waals surface area contributed by atoms with Gasteiger partial charge in [0.15, 0.2) is 5.78 Å². The van der Waals surface area contributed by atoms with Crippen LogP contribution in [0.1, 0.15) is 37.0 Å². The maximum atomic E-state index is 11.9. The van der Waals surface area contributed by atoms with Crippen LogP contribution in [-0.2, 0) is 0 Å². The molecular weight excluding hydrogens is 196 g/mol. The lowest BCUT2D eigenvalue weighted by molar-refractivity contribution is 0.0913. The number of Topliss-reactive ketones (excluding diaryl/α,β-unsaturated/α-hetero) is 1. The Morgan fingerprint density at radius 3 is 2.50 bits per heavy atom. The third-order valence-electron chi connectivity index (χ3n) is 2.47. The summed E-state index contributed by atoms with van der Waals surface area (Å²) in [6.45, 7) is 4.08. The van der Waals surface area contributed by atoms with Crippen LogP contribution in [0.3, 0.4) is 0 Å². The lowest BCUT2D eigenvalue weighted by Gasteiger charge is -2.10. The molecule has 0 amide bonds. The molecule has 1 aromatic carbocycles. The van der Waals surface area contributed by atoms with Crippen LogP contribution in [0.2, 0.25) is 5.02 Å². The van der Waals surface area contributed by atoms with Crippen LogP contribution in [0.5, 0.6) is 0 Å². The second kappa shape index (κ2) is 5.16. The van der Waals surface area contributed by atoms with E-state index in [1.54, 1.807) is 12.1 Å². The summed E-state index contributed by atoms with van der Waals surface area (Å²) in [5.74, 6) is 0.339. The molecule has 0 N–H and O–H groups in total. The fraction of sp³-hybridized carbons (Fsp3) is 0.417. The summed E-state index contributed by atoms with van der Waals surface area (Å²) < 4.78 is 0. The third-order valence-corrected chi connectivity index (χ3v) is 2.70. The molecular formula is C12H15ClO. The van der Waals surface area contributed by atoms with E-state index in [0.29, 0.717) is 5.02 Å². The van der Waals surface area contributed by atoms with Gasteiger partial charge in [-0.05, 0) is 25.0 Å². The molecule has 0 heterocycles. The van der Waals surface area contributed by atoms with Gasteiger partial charge in [0.25, 0.3) is 0 Å². The van der Waals surface area contributed by atoms with E-state index >= 15 is 0 Å². The Balaban J connectivity index is 2.88. The average Bonchev–Trinajstić information content (AvgIpc) is 2.19. The first kappa shape index (κ1) is 11.3. The zero-order valence-electron chi connectivity index (χ0n) is 8.59. The van der Waals surface area contributed by atoms with Crippen LogP contribution < -0.4 is 0 Å². The summed E-state index contributed by atoms with van der Waals surface area (Å²) in [4.78, 5) is 11.9. The minimum absolute atomic E-state index is 0.133. The molecule has 0 aliphatic heterocycles. The van der Waals surface area contributed by atoms with Crippen molar-refractivity contribution >= 4 is 17.4 Å². The molecule has 1 nitrogen and oxygen atoms in total. The topological polar surface area (TPSA) is 17.1 Å². The molecule has 0 fully saturated rings. The van der Waals surface area contributed by atoms with Crippen LogP contribution in [-0.4, -0.2) is 5.78 Å². The number of carbonyl (C=O) groups excluding carboxylic acids is 1. The highest BCUT2D eigenvalue weighted by atomic mass is 35.5. The zero-order valence-corrected chi connectivity index (χ0v) is 9.34. The summed E-state index contributed by atoms with van der Waals surface area (Å²) >= 11 is 5.83. The molecule has 0 radical (unpaired) electrons. The monoisotopic (exact) mass is 210 g/mol. The van der Waals surface area contributed by atoms with E-state index in [1.807, 2.05) is 26.0 Å². The smallest absolute Gasteiger partial charge is 0.165 e. The van der Waals surface area contributed by atoms with Crippen molar-refractivity contribution in [2.75, 3.05) is 0 Å². The fourth-order valence-electron chi connectivity index (χ4n) is 1.54. The first-order valence-corrected chi connectivity index (χ1v) is 5.36. The minimum Gasteiger partial charge on any atom is -0.294 e. The number of carbonyl (C=O) groups is 1. The number of halogens is 1. The molecule has 76 valence electrons. The largest absolute Gasteiger partial charge is 0.294 e. The van der Waals surface area contributed by atoms with E-state index in [-0.39, 0.29) is 11.7 Å². The van der Waals surface area contributed by atoms with Gasteiger partial charge in [-0.15, -0.1) is 0 Å². The van der Waals surface area contributed by atoms with Crippen LogP contribution in [0.4, 0.5) is 0 Å². The normalized spacial score (nSPS) is 10.6. The van der Waals surface area contributed by atoms with E-state index in [0.717, 1.165) is 18.4 Å². The van der Waals surface area contributed by atoms with Crippen molar-refractivity contribution in [3.63, 3.8) is 0 Å². The summed E-state index contributed by atoms with van der Waals surface area (Å²) in [5.41, 5.74) is 0.728. The zero-order chi connectivity index (χ0) is 10.6. The molecule has 1 rings (SSSR count). The number of rotatable bonds is 4. The summed E-state index contributed by atoms with van der Waals surface area (Å²) in [6.07, 6.45) is 1.78. The molecule has 14 heavy (non-hydrogen) atoms. The van der Waals surface area contributed by atoms with Gasteiger partial charge in [0.05, 0.1) is 0 Å². The Morgan fingerprint density at radius 1 is 1.36 bits per heavy atom. The molecule has 0 unspecified atom stereocenters. The van der Waals surface area contributed by atoms with Crippen molar-refractivity contribution < 1.29 is 4.79 Å². The van der Waals surface area contributed by atoms with Crippen LogP contribution in [0.15, 0.2) is 24.3 Å². The van der Waals surface area contributed by atoms with Gasteiger partial charge in [-0.25, -0.2) is 0 Å². The first-order valence-electron chi connectivity index (χ1n) is 4.98. The number of ketones is 1. The van der Waals surface area contributed by atoms with Crippen LogP contribution in [0, 0.1) is 5.92 Å². The predicted octanol–water partition coefficient (Wildman–Crippen LogP) is 3.96. The molecule has 1 aromatic rings. The molecule has 0 saturated heterocycles. The molecule has 0 atom stereocenters. The molecule has 0 saturated carbocycles. The summed E-state index contributed by atoms with van der Waals surface area (Å²) in [6, 6.07) is 7.16. The van der Waals surface area contributed by atoms with Crippen LogP contribution in [0.25, 0.3) is 0 Å². The van der Waals surface area contributed by atoms with Crippen molar-refractivity contribution in [3.05, 3.63) is 34.9 Å². The molecule has 0 spiro atoms. The standard InChI is InChI=1S/C12H15ClO/c1-3-9(4-2)12(14)10-6-5-7-11(13)8-10/h5-9H,3-4H2,1-2H3. The second-order valence-corrected chi connectivity index (χ2v) is 3.82. The van der Waals surface area contributed by atoms with Gasteiger partial charge in [-0.3, -0.25) is 4.79 Å². The van der Waals surface area contributed by atoms with Crippen molar-refractivity contribution in [1.82, 2.24) is 0 Å². The van der Waals surface area contributed by atoms with E-state index in [4.69, 9.17) is 11.6 Å². The van der Waals surface area contributed by atoms with Gasteiger partial charge in [-0.1, -0.05) is 37.6 Å². The summed E-state index contributed by atoms with van der Waals surface area (Å²) in [5, 5.41) is 0.627. The SMILES string of the molecule is CCC(CC)C(=O)c1cccc(Cl)c1. The highest BCUT2D eigenvalue weighted by Gasteiger charge is 2.15. The summed E-state index contributed by atoms with van der Waals surface area (Å²) in [7, 11) is 0. The molecule has 0 aromatic heterocycles. The Hall–Kier alpha value is -0.820. The number of hydrogen-bond donors (Lipinski definition) is 0.